The number of hydrogen-bond donors (Lipinski definition) is 5. The van der Waals surface area contributed by atoms with Crippen LogP contribution in [-0.4, -0.2) is 80.7 Å². The van der Waals surface area contributed by atoms with Crippen LogP contribution >= 0.6 is 11.8 Å². The highest BCUT2D eigenvalue weighted by atomic mass is 32.3. The van der Waals surface area contributed by atoms with E-state index in [2.05, 4.69) is 9.44 Å². The summed E-state index contributed by atoms with van der Waals surface area (Å²) >= 11 is 0.675. The van der Waals surface area contributed by atoms with Crippen LogP contribution < -0.4 is 0 Å². The number of aliphatic hydroxyl groups excluding tert-OH is 4. The lowest BCUT2D eigenvalue weighted by atomic mass is 10.0. The quantitative estimate of drug-likeness (QED) is 0.136. The number of carbonyl (C=O) groups is 1. The summed E-state index contributed by atoms with van der Waals surface area (Å²) in [5.74, 6) is -0.104. The lowest BCUT2D eigenvalue weighted by Gasteiger charge is -2.39. The number of ketones is 1. The molecule has 1 aliphatic rings. The minimum absolute atomic E-state index is 0.0387. The predicted molar refractivity (Wildman–Crippen MR) is 86.0 cm³/mol. The number of hydrogen-bond acceptors (Lipinski definition) is 11. The van der Waals surface area contributed by atoms with Crippen molar-refractivity contribution in [2.75, 3.05) is 6.61 Å². The van der Waals surface area contributed by atoms with Gasteiger partial charge in [-0.1, -0.05) is 16.9 Å². The number of ether oxygens (including phenoxy) is 1. The molecule has 0 saturated carbocycles. The van der Waals surface area contributed by atoms with Crippen molar-refractivity contribution in [1.29, 1.82) is 0 Å². The summed E-state index contributed by atoms with van der Waals surface area (Å²) in [5, 5.41) is 41.8. The molecule has 5 N–H and O–H groups in total. The topological polar surface area (TPSA) is 183 Å². The molecule has 0 aromatic heterocycles. The molecule has 0 aromatic carbocycles. The van der Waals surface area contributed by atoms with E-state index in [0.717, 1.165) is 0 Å². The van der Waals surface area contributed by atoms with Crippen molar-refractivity contribution < 1.29 is 47.2 Å². The summed E-state index contributed by atoms with van der Waals surface area (Å²) in [5.41, 5.74) is -1.20. The number of rotatable bonds is 8. The van der Waals surface area contributed by atoms with Gasteiger partial charge in [0.15, 0.2) is 0 Å². The molecule has 146 valence electrons. The van der Waals surface area contributed by atoms with E-state index in [1.807, 2.05) is 0 Å². The molecule has 25 heavy (non-hydrogen) atoms. The summed E-state index contributed by atoms with van der Waals surface area (Å²) in [6, 6.07) is 0. The Morgan fingerprint density at radius 3 is 2.36 bits per heavy atom. The van der Waals surface area contributed by atoms with Crippen LogP contribution in [0.3, 0.4) is 0 Å². The van der Waals surface area contributed by atoms with Gasteiger partial charge >= 0.3 is 10.4 Å². The predicted octanol–water partition coefficient (Wildman–Crippen LogP) is -1.59. The first-order chi connectivity index (χ1) is 11.5. The van der Waals surface area contributed by atoms with Crippen LogP contribution in [0.15, 0.2) is 5.16 Å². The highest BCUT2D eigenvalue weighted by Crippen LogP contribution is 2.30. The van der Waals surface area contributed by atoms with Gasteiger partial charge in [-0.3, -0.25) is 4.55 Å². The fraction of sp³-hybridized carbons (Fsp3) is 0.833. The Bertz CT molecular complexity index is 578. The van der Waals surface area contributed by atoms with Crippen molar-refractivity contribution in [2.45, 2.75) is 56.0 Å². The summed E-state index contributed by atoms with van der Waals surface area (Å²) in [4.78, 5) is 11.0. The van der Waals surface area contributed by atoms with Crippen LogP contribution in [0.5, 0.6) is 0 Å². The lowest BCUT2D eigenvalue weighted by Crippen LogP contribution is -2.57. The summed E-state index contributed by atoms with van der Waals surface area (Å²) in [7, 11) is -4.85. The maximum atomic E-state index is 11.0. The van der Waals surface area contributed by atoms with Crippen molar-refractivity contribution >= 4 is 33.0 Å². The minimum Gasteiger partial charge on any atom is -0.394 e. The van der Waals surface area contributed by atoms with Gasteiger partial charge in [0, 0.05) is 6.42 Å². The van der Waals surface area contributed by atoms with Gasteiger partial charge in [-0.2, -0.15) is 8.42 Å². The lowest BCUT2D eigenvalue weighted by molar-refractivity contribution is -0.205. The Labute approximate surface area is 148 Å². The molecule has 1 aliphatic heterocycles. The molecule has 0 spiro atoms. The first kappa shape index (κ1) is 22.2. The van der Waals surface area contributed by atoms with Crippen LogP contribution in [0.4, 0.5) is 0 Å². The van der Waals surface area contributed by atoms with E-state index < -0.39 is 46.9 Å². The van der Waals surface area contributed by atoms with Crippen molar-refractivity contribution in [1.82, 2.24) is 0 Å². The summed E-state index contributed by atoms with van der Waals surface area (Å²) in [6.45, 7) is 0.747. The van der Waals surface area contributed by atoms with Crippen LogP contribution in [0.2, 0.25) is 0 Å². The summed E-state index contributed by atoms with van der Waals surface area (Å²) in [6.07, 6.45) is -5.32. The first-order valence-electron chi connectivity index (χ1n) is 7.24. The van der Waals surface area contributed by atoms with Gasteiger partial charge in [0.1, 0.15) is 40.7 Å². The van der Waals surface area contributed by atoms with E-state index in [1.165, 1.54) is 6.92 Å². The molecule has 0 amide bonds. The van der Waals surface area contributed by atoms with Crippen molar-refractivity contribution in [3.05, 3.63) is 0 Å². The number of oxime groups is 1. The average Bonchev–Trinajstić information content (AvgIpc) is 2.51. The number of aliphatic hydroxyl groups is 4. The molecule has 11 nitrogen and oxygen atoms in total. The molecule has 0 aliphatic carbocycles. The number of Topliss-reactive ketones (excluding diaryl/α,β-unsaturated/α-hetero) is 1. The Kier molecular flexibility index (Phi) is 8.70. The van der Waals surface area contributed by atoms with Crippen LogP contribution in [0.1, 0.15) is 26.2 Å². The monoisotopic (exact) mass is 403 g/mol. The molecule has 0 bridgehead atoms. The second kappa shape index (κ2) is 9.78. The molecule has 1 heterocycles. The Balaban J connectivity index is 2.85. The third-order valence-corrected chi connectivity index (χ3v) is 4.69. The van der Waals surface area contributed by atoms with E-state index in [1.54, 1.807) is 0 Å². The van der Waals surface area contributed by atoms with Gasteiger partial charge in [-0.15, -0.1) is 0 Å². The molecular formula is C12H21NO10S2. The van der Waals surface area contributed by atoms with Crippen molar-refractivity contribution in [2.24, 2.45) is 5.16 Å². The number of carbonyl (C=O) groups excluding carboxylic acids is 1. The zero-order chi connectivity index (χ0) is 19.2. The normalized spacial score (nSPS) is 31.0. The molecule has 1 fully saturated rings. The Hall–Kier alpha value is -0.800. The smallest absolute Gasteiger partial charge is 0.394 e. The largest absolute Gasteiger partial charge is 0.466 e. The van der Waals surface area contributed by atoms with Gasteiger partial charge < -0.3 is 30.0 Å². The van der Waals surface area contributed by atoms with E-state index in [-0.39, 0.29) is 30.1 Å². The van der Waals surface area contributed by atoms with Crippen LogP contribution in [0, 0.1) is 0 Å². The molecule has 0 aromatic rings. The number of nitrogens with zero attached hydrogens (tertiary/aromatic N) is 1. The molecule has 5 unspecified atom stereocenters. The maximum Gasteiger partial charge on any atom is 0.466 e. The van der Waals surface area contributed by atoms with Crippen molar-refractivity contribution in [3.63, 3.8) is 0 Å². The molecule has 1 saturated heterocycles. The standard InChI is InChI=1S/C12H21NO10S2/c1-6(15)3-2-4-8(13-23-25(19,20)21)24-12-11(18)10(17)9(16)7(5-14)22-12/h7,9-12,14,16-18H,2-5H2,1H3,(H,19,20,21). The van der Waals surface area contributed by atoms with Crippen LogP contribution in [0.25, 0.3) is 0 Å². The van der Waals surface area contributed by atoms with Crippen LogP contribution in [-0.2, 0) is 24.2 Å². The molecule has 5 atom stereocenters. The van der Waals surface area contributed by atoms with E-state index in [4.69, 9.17) is 14.4 Å². The molecule has 13 heteroatoms. The molecule has 0 radical (unpaired) electrons. The maximum absolute atomic E-state index is 11.0. The zero-order valence-electron chi connectivity index (χ0n) is 13.3. The zero-order valence-corrected chi connectivity index (χ0v) is 14.9. The molecule has 1 rings (SSSR count). The van der Waals surface area contributed by atoms with E-state index in [0.29, 0.717) is 11.8 Å². The highest BCUT2D eigenvalue weighted by molar-refractivity contribution is 8.14. The molecular weight excluding hydrogens is 382 g/mol. The van der Waals surface area contributed by atoms with E-state index >= 15 is 0 Å². The SMILES string of the molecule is CC(=O)CCCC(=NOS(=O)(=O)O)SC1OC(CO)C(O)C(O)C1O. The third kappa shape index (κ3) is 7.53. The van der Waals surface area contributed by atoms with Crippen molar-refractivity contribution in [3.8, 4) is 0 Å². The fourth-order valence-electron chi connectivity index (χ4n) is 2.00. The third-order valence-electron chi connectivity index (χ3n) is 3.25. The second-order valence-corrected chi connectivity index (χ2v) is 7.53. The Morgan fingerprint density at radius 2 is 1.84 bits per heavy atom. The van der Waals surface area contributed by atoms with Gasteiger partial charge in [0.2, 0.25) is 0 Å². The fourth-order valence-corrected chi connectivity index (χ4v) is 3.34. The average molecular weight is 403 g/mol. The highest BCUT2D eigenvalue weighted by Gasteiger charge is 2.44. The van der Waals surface area contributed by atoms with Gasteiger partial charge in [0.25, 0.3) is 0 Å². The first-order valence-corrected chi connectivity index (χ1v) is 9.49. The minimum atomic E-state index is -4.85. The second-order valence-electron chi connectivity index (χ2n) is 5.36. The van der Waals surface area contributed by atoms with Gasteiger partial charge in [0.05, 0.1) is 6.61 Å². The van der Waals surface area contributed by atoms with Gasteiger partial charge in [-0.05, 0) is 19.8 Å². The van der Waals surface area contributed by atoms with E-state index in [9.17, 15) is 28.5 Å². The Morgan fingerprint density at radius 1 is 1.20 bits per heavy atom. The van der Waals surface area contributed by atoms with Gasteiger partial charge in [-0.25, -0.2) is 4.28 Å². The summed E-state index contributed by atoms with van der Waals surface area (Å²) < 4.78 is 39.1. The number of thioether (sulfide) groups is 1.